The van der Waals surface area contributed by atoms with Gasteiger partial charge in [-0.25, -0.2) is 8.42 Å². The van der Waals surface area contributed by atoms with E-state index >= 15 is 0 Å². The van der Waals surface area contributed by atoms with Crippen LogP contribution in [0.25, 0.3) is 0 Å². The molecule has 0 unspecified atom stereocenters. The number of carbonyl (C=O) groups excluding carboxylic acids is 1. The number of benzene rings is 1. The third kappa shape index (κ3) is 4.58. The summed E-state index contributed by atoms with van der Waals surface area (Å²) in [5.41, 5.74) is 3.57. The van der Waals surface area contributed by atoms with Gasteiger partial charge in [0.05, 0.1) is 4.90 Å². The molecular formula is C20H26N2O6S2. The summed E-state index contributed by atoms with van der Waals surface area (Å²) in [5.74, 6) is 4.04. The normalized spacial score (nSPS) is 23.8. The molecule has 1 amide bonds. The van der Waals surface area contributed by atoms with Gasteiger partial charge in [-0.15, -0.1) is 17.7 Å². The maximum absolute atomic E-state index is 13.5. The number of hydrogen-bond donors (Lipinski definition) is 2. The first-order valence-corrected chi connectivity index (χ1v) is 11.5. The second-order valence-corrected chi connectivity index (χ2v) is 11.3. The Kier molecular flexibility index (Phi) is 7.12. The zero-order chi connectivity index (χ0) is 22.7. The molecule has 1 aliphatic rings. The van der Waals surface area contributed by atoms with Crippen molar-refractivity contribution in [3.05, 3.63) is 24.3 Å². The molecule has 1 heterocycles. The highest BCUT2D eigenvalue weighted by atomic mass is 32.2. The van der Waals surface area contributed by atoms with Crippen molar-refractivity contribution >= 4 is 33.7 Å². The van der Waals surface area contributed by atoms with Crippen LogP contribution >= 0.6 is 11.8 Å². The number of nitrogens with two attached hydrogens (primary N) is 1. The number of rotatable bonds is 7. The Morgan fingerprint density at radius 2 is 1.90 bits per heavy atom. The fourth-order valence-electron chi connectivity index (χ4n) is 3.30. The fourth-order valence-corrected chi connectivity index (χ4v) is 7.08. The lowest BCUT2D eigenvalue weighted by Crippen LogP contribution is -2.69. The van der Waals surface area contributed by atoms with Crippen LogP contribution in [0, 0.1) is 11.8 Å². The van der Waals surface area contributed by atoms with Crippen LogP contribution in [0.15, 0.2) is 29.2 Å². The van der Waals surface area contributed by atoms with Gasteiger partial charge in [0.15, 0.2) is 0 Å². The highest BCUT2D eigenvalue weighted by molar-refractivity contribution is 8.01. The molecule has 0 aromatic heterocycles. The Labute approximate surface area is 181 Å². The van der Waals surface area contributed by atoms with Crippen molar-refractivity contribution in [1.82, 2.24) is 4.31 Å². The van der Waals surface area contributed by atoms with Crippen molar-refractivity contribution < 1.29 is 27.9 Å². The van der Waals surface area contributed by atoms with E-state index in [1.54, 1.807) is 20.8 Å². The number of sulfonamides is 1. The zero-order valence-electron chi connectivity index (χ0n) is 17.3. The van der Waals surface area contributed by atoms with Gasteiger partial charge in [0.1, 0.15) is 17.9 Å². The Bertz CT molecular complexity index is 979. The van der Waals surface area contributed by atoms with E-state index in [1.807, 2.05) is 0 Å². The van der Waals surface area contributed by atoms with E-state index < -0.39 is 37.4 Å². The average molecular weight is 455 g/mol. The number of amides is 1. The van der Waals surface area contributed by atoms with E-state index in [0.717, 1.165) is 4.31 Å². The lowest BCUT2D eigenvalue weighted by atomic mass is 9.86. The smallest absolute Gasteiger partial charge is 0.326 e. The second kappa shape index (κ2) is 8.88. The van der Waals surface area contributed by atoms with Crippen molar-refractivity contribution in [2.45, 2.75) is 54.5 Å². The molecule has 1 aromatic rings. The third-order valence-electron chi connectivity index (χ3n) is 5.25. The van der Waals surface area contributed by atoms with Crippen molar-refractivity contribution in [2.24, 2.45) is 5.73 Å². The lowest BCUT2D eigenvalue weighted by Gasteiger charge is -2.52. The Hall–Kier alpha value is -2.22. The van der Waals surface area contributed by atoms with Gasteiger partial charge >= 0.3 is 5.97 Å². The maximum Gasteiger partial charge on any atom is 0.326 e. The van der Waals surface area contributed by atoms with E-state index in [4.69, 9.17) is 10.5 Å². The number of carbonyl (C=O) groups is 2. The van der Waals surface area contributed by atoms with E-state index in [1.165, 1.54) is 43.0 Å². The summed E-state index contributed by atoms with van der Waals surface area (Å²) in [6, 6.07) is 5.72. The molecule has 1 saturated heterocycles. The Morgan fingerprint density at radius 3 is 2.40 bits per heavy atom. The van der Waals surface area contributed by atoms with Gasteiger partial charge in [0.25, 0.3) is 0 Å². The van der Waals surface area contributed by atoms with E-state index in [0.29, 0.717) is 5.75 Å². The molecule has 10 heteroatoms. The number of primary amides is 1. The molecule has 2 atom stereocenters. The third-order valence-corrected chi connectivity index (χ3v) is 8.84. The summed E-state index contributed by atoms with van der Waals surface area (Å²) in [4.78, 5) is 23.6. The van der Waals surface area contributed by atoms with Crippen LogP contribution in [-0.4, -0.2) is 58.4 Å². The number of carboxylic acid groups (broad SMARTS) is 1. The molecule has 1 aromatic carbocycles. The summed E-state index contributed by atoms with van der Waals surface area (Å²) < 4.78 is 32.3. The van der Waals surface area contributed by atoms with Crippen molar-refractivity contribution in [2.75, 3.05) is 13.2 Å². The largest absolute Gasteiger partial charge is 0.481 e. The number of ether oxygens (including phenoxy) is 1. The van der Waals surface area contributed by atoms with Crippen LogP contribution in [0.1, 0.15) is 34.1 Å². The number of carboxylic acids is 1. The van der Waals surface area contributed by atoms with Crippen LogP contribution in [-0.2, 0) is 19.6 Å². The van der Waals surface area contributed by atoms with Gasteiger partial charge in [-0.05, 0) is 52.0 Å². The predicted octanol–water partition coefficient (Wildman–Crippen LogP) is 1.69. The lowest BCUT2D eigenvalue weighted by molar-refractivity contribution is -0.149. The summed E-state index contributed by atoms with van der Waals surface area (Å²) in [5, 5.41) is 9.54. The maximum atomic E-state index is 13.5. The van der Waals surface area contributed by atoms with Gasteiger partial charge in [-0.2, -0.15) is 4.31 Å². The summed E-state index contributed by atoms with van der Waals surface area (Å²) >= 11 is 1.26. The minimum atomic E-state index is -4.19. The monoisotopic (exact) mass is 454 g/mol. The van der Waals surface area contributed by atoms with E-state index in [9.17, 15) is 23.1 Å². The highest BCUT2D eigenvalue weighted by Gasteiger charge is 2.60. The molecule has 1 aliphatic heterocycles. The number of hydrogen-bond acceptors (Lipinski definition) is 6. The topological polar surface area (TPSA) is 127 Å². The van der Waals surface area contributed by atoms with Crippen molar-refractivity contribution in [3.63, 3.8) is 0 Å². The molecular weight excluding hydrogens is 428 g/mol. The fraction of sp³-hybridized carbons (Fsp3) is 0.500. The van der Waals surface area contributed by atoms with Gasteiger partial charge in [-0.3, -0.25) is 9.59 Å². The van der Waals surface area contributed by atoms with Gasteiger partial charge in [0, 0.05) is 23.0 Å². The standard InChI is InChI=1S/C20H26N2O6S2/c1-5-6-11-28-14-7-9-16(10-8-14)30(26,27)22-13-15(12-17(21)23)29-19(2,3)20(22,4)18(24)25/h7-10,15H,11-13H2,1-4H3,(H2,21,23)(H,24,25)/t15-,20-/m0/s1. The molecule has 0 spiro atoms. The predicted molar refractivity (Wildman–Crippen MR) is 115 cm³/mol. The summed E-state index contributed by atoms with van der Waals surface area (Å²) in [6.07, 6.45) is -0.0545. The molecule has 164 valence electrons. The Balaban J connectivity index is 2.47. The molecule has 8 nitrogen and oxygen atoms in total. The first-order valence-electron chi connectivity index (χ1n) is 9.21. The van der Waals surface area contributed by atoms with Gasteiger partial charge in [-0.1, -0.05) is 5.92 Å². The molecule has 0 bridgehead atoms. The molecule has 2 rings (SSSR count). The first kappa shape index (κ1) is 24.1. The SMILES string of the molecule is CC#CCOc1ccc(S(=O)(=O)N2C[C@H](CC(N)=O)SC(C)(C)[C@]2(C)C(=O)O)cc1. The number of thioether (sulfide) groups is 1. The van der Waals surface area contributed by atoms with Crippen LogP contribution < -0.4 is 10.5 Å². The van der Waals surface area contributed by atoms with Crippen LogP contribution in [0.3, 0.4) is 0 Å². The quantitative estimate of drug-likeness (QED) is 0.600. The van der Waals surface area contributed by atoms with Crippen LogP contribution in [0.2, 0.25) is 0 Å². The molecule has 1 fully saturated rings. The number of nitrogens with zero attached hydrogens (tertiary/aromatic N) is 1. The second-order valence-electron chi connectivity index (χ2n) is 7.52. The van der Waals surface area contributed by atoms with Gasteiger partial charge in [0.2, 0.25) is 15.9 Å². The van der Waals surface area contributed by atoms with Gasteiger partial charge < -0.3 is 15.6 Å². The minimum Gasteiger partial charge on any atom is -0.481 e. The molecule has 0 aliphatic carbocycles. The average Bonchev–Trinajstić information content (AvgIpc) is 2.64. The van der Waals surface area contributed by atoms with Crippen LogP contribution in [0.4, 0.5) is 0 Å². The van der Waals surface area contributed by atoms with E-state index in [-0.39, 0.29) is 24.5 Å². The number of aliphatic carboxylic acids is 1. The van der Waals surface area contributed by atoms with Crippen LogP contribution in [0.5, 0.6) is 5.75 Å². The van der Waals surface area contributed by atoms with Crippen molar-refractivity contribution in [3.8, 4) is 17.6 Å². The summed E-state index contributed by atoms with van der Waals surface area (Å²) in [6.45, 7) is 6.42. The molecule has 3 N–H and O–H groups in total. The molecule has 0 saturated carbocycles. The van der Waals surface area contributed by atoms with E-state index in [2.05, 4.69) is 11.8 Å². The first-order chi connectivity index (χ1) is 13.9. The Morgan fingerprint density at radius 1 is 1.30 bits per heavy atom. The highest BCUT2D eigenvalue weighted by Crippen LogP contribution is 2.49. The molecule has 30 heavy (non-hydrogen) atoms. The summed E-state index contributed by atoms with van der Waals surface area (Å²) in [7, 11) is -4.19. The van der Waals surface area contributed by atoms with Crippen molar-refractivity contribution in [1.29, 1.82) is 0 Å². The minimum absolute atomic E-state index is 0.0545. The molecule has 0 radical (unpaired) electrons. The zero-order valence-corrected chi connectivity index (χ0v) is 19.0.